The third-order valence-corrected chi connectivity index (χ3v) is 2.06. The summed E-state index contributed by atoms with van der Waals surface area (Å²) in [5, 5.41) is 4.52. The van der Waals surface area contributed by atoms with Gasteiger partial charge in [-0.05, 0) is 17.7 Å². The Morgan fingerprint density at radius 3 is 2.86 bits per heavy atom. The molecule has 1 heterocycles. The summed E-state index contributed by atoms with van der Waals surface area (Å²) in [5.74, 6) is 0. The van der Waals surface area contributed by atoms with Crippen LogP contribution in [-0.4, -0.2) is 25.5 Å². The summed E-state index contributed by atoms with van der Waals surface area (Å²) in [7, 11) is 0. The SMILES string of the molecule is Clc1ccc(/C=N\OCC2CO2)cc1. The third kappa shape index (κ3) is 3.01. The van der Waals surface area contributed by atoms with E-state index in [9.17, 15) is 0 Å². The molecule has 0 radical (unpaired) electrons. The molecule has 1 fully saturated rings. The summed E-state index contributed by atoms with van der Waals surface area (Å²) in [4.78, 5) is 5.00. The predicted molar refractivity (Wildman–Crippen MR) is 54.7 cm³/mol. The van der Waals surface area contributed by atoms with Crippen molar-refractivity contribution < 1.29 is 9.57 Å². The first-order chi connectivity index (χ1) is 6.84. The number of hydrogen-bond donors (Lipinski definition) is 0. The molecule has 0 saturated carbocycles. The van der Waals surface area contributed by atoms with Gasteiger partial charge < -0.3 is 9.57 Å². The monoisotopic (exact) mass is 211 g/mol. The molecule has 0 spiro atoms. The second kappa shape index (κ2) is 4.44. The number of nitrogens with zero attached hydrogens (tertiary/aromatic N) is 1. The molecule has 0 aliphatic carbocycles. The third-order valence-electron chi connectivity index (χ3n) is 1.81. The summed E-state index contributed by atoms with van der Waals surface area (Å²) in [6.45, 7) is 1.32. The van der Waals surface area contributed by atoms with Gasteiger partial charge in [-0.25, -0.2) is 0 Å². The van der Waals surface area contributed by atoms with Gasteiger partial charge in [0.05, 0.1) is 12.8 Å². The maximum atomic E-state index is 5.73. The first kappa shape index (κ1) is 9.49. The average molecular weight is 212 g/mol. The van der Waals surface area contributed by atoms with Gasteiger partial charge >= 0.3 is 0 Å². The lowest BCUT2D eigenvalue weighted by Gasteiger charge is -1.94. The summed E-state index contributed by atoms with van der Waals surface area (Å²) in [6.07, 6.45) is 1.90. The highest BCUT2D eigenvalue weighted by molar-refractivity contribution is 6.30. The van der Waals surface area contributed by atoms with E-state index in [1.165, 1.54) is 0 Å². The van der Waals surface area contributed by atoms with E-state index in [-0.39, 0.29) is 6.10 Å². The number of ether oxygens (including phenoxy) is 1. The number of epoxide rings is 1. The van der Waals surface area contributed by atoms with Crippen LogP contribution in [0.1, 0.15) is 5.56 Å². The van der Waals surface area contributed by atoms with E-state index in [1.807, 2.05) is 24.3 Å². The Balaban J connectivity index is 1.80. The maximum absolute atomic E-state index is 5.73. The van der Waals surface area contributed by atoms with Crippen LogP contribution in [0.2, 0.25) is 5.02 Å². The molecule has 0 amide bonds. The summed E-state index contributed by atoms with van der Waals surface area (Å²) in [5.41, 5.74) is 0.964. The molecule has 1 atom stereocenters. The largest absolute Gasteiger partial charge is 0.393 e. The lowest BCUT2D eigenvalue weighted by Crippen LogP contribution is -1.96. The van der Waals surface area contributed by atoms with Crippen LogP contribution >= 0.6 is 11.6 Å². The molecular formula is C10H10ClNO2. The zero-order valence-electron chi connectivity index (χ0n) is 7.52. The zero-order valence-corrected chi connectivity index (χ0v) is 8.28. The van der Waals surface area contributed by atoms with E-state index >= 15 is 0 Å². The molecule has 0 bridgehead atoms. The van der Waals surface area contributed by atoms with Crippen molar-refractivity contribution in [2.45, 2.75) is 6.10 Å². The van der Waals surface area contributed by atoms with Crippen LogP contribution in [0.4, 0.5) is 0 Å². The van der Waals surface area contributed by atoms with Gasteiger partial charge in [0.1, 0.15) is 12.7 Å². The van der Waals surface area contributed by atoms with Gasteiger partial charge in [-0.1, -0.05) is 28.9 Å². The van der Waals surface area contributed by atoms with Gasteiger partial charge in [-0.3, -0.25) is 0 Å². The van der Waals surface area contributed by atoms with Crippen molar-refractivity contribution in [2.75, 3.05) is 13.2 Å². The molecule has 1 aromatic rings. The molecule has 4 heteroatoms. The molecule has 1 aliphatic heterocycles. The van der Waals surface area contributed by atoms with Crippen molar-refractivity contribution >= 4 is 17.8 Å². The van der Waals surface area contributed by atoms with E-state index < -0.39 is 0 Å². The van der Waals surface area contributed by atoms with Gasteiger partial charge in [-0.2, -0.15) is 0 Å². The van der Waals surface area contributed by atoms with Crippen molar-refractivity contribution in [3.63, 3.8) is 0 Å². The van der Waals surface area contributed by atoms with Gasteiger partial charge in [0.15, 0.2) is 0 Å². The van der Waals surface area contributed by atoms with Crippen LogP contribution in [0, 0.1) is 0 Å². The van der Waals surface area contributed by atoms with Crippen molar-refractivity contribution in [2.24, 2.45) is 5.16 Å². The average Bonchev–Trinajstić information content (AvgIpc) is 2.99. The highest BCUT2D eigenvalue weighted by atomic mass is 35.5. The number of oxime groups is 1. The topological polar surface area (TPSA) is 34.1 Å². The quantitative estimate of drug-likeness (QED) is 0.434. The molecule has 1 aliphatic rings. The maximum Gasteiger partial charge on any atom is 0.145 e. The Labute approximate surface area is 87.3 Å². The Morgan fingerprint density at radius 2 is 2.21 bits per heavy atom. The van der Waals surface area contributed by atoms with Gasteiger partial charge in [0.25, 0.3) is 0 Å². The van der Waals surface area contributed by atoms with E-state index in [0.717, 1.165) is 17.2 Å². The summed E-state index contributed by atoms with van der Waals surface area (Å²) >= 11 is 5.73. The fourth-order valence-corrected chi connectivity index (χ4v) is 1.06. The van der Waals surface area contributed by atoms with Crippen LogP contribution in [0.25, 0.3) is 0 Å². The minimum atomic E-state index is 0.248. The summed E-state index contributed by atoms with van der Waals surface area (Å²) in [6, 6.07) is 7.38. The standard InChI is InChI=1S/C10H10ClNO2/c11-9-3-1-8(2-4-9)5-12-14-7-10-6-13-10/h1-5,10H,6-7H2/b12-5-. The number of benzene rings is 1. The van der Waals surface area contributed by atoms with Gasteiger partial charge in [0, 0.05) is 5.02 Å². The number of rotatable bonds is 4. The number of hydrogen-bond acceptors (Lipinski definition) is 3. The van der Waals surface area contributed by atoms with E-state index in [4.69, 9.17) is 21.2 Å². The Morgan fingerprint density at radius 1 is 1.50 bits per heavy atom. The first-order valence-corrected chi connectivity index (χ1v) is 4.75. The molecule has 0 aromatic heterocycles. The lowest BCUT2D eigenvalue weighted by atomic mass is 10.2. The van der Waals surface area contributed by atoms with E-state index in [0.29, 0.717) is 6.61 Å². The normalized spacial score (nSPS) is 19.9. The smallest absolute Gasteiger partial charge is 0.145 e. The first-order valence-electron chi connectivity index (χ1n) is 4.37. The highest BCUT2D eigenvalue weighted by Gasteiger charge is 2.22. The Kier molecular flexibility index (Phi) is 3.01. The minimum absolute atomic E-state index is 0.248. The second-order valence-electron chi connectivity index (χ2n) is 3.04. The Bertz CT molecular complexity index is 319. The summed E-state index contributed by atoms with van der Waals surface area (Å²) < 4.78 is 4.96. The zero-order chi connectivity index (χ0) is 9.80. The van der Waals surface area contributed by atoms with Crippen LogP contribution in [0.3, 0.4) is 0 Å². The van der Waals surface area contributed by atoms with Crippen LogP contribution in [0.15, 0.2) is 29.4 Å². The molecular weight excluding hydrogens is 202 g/mol. The predicted octanol–water partition coefficient (Wildman–Crippen LogP) is 2.09. The van der Waals surface area contributed by atoms with Crippen LogP contribution < -0.4 is 0 Å². The van der Waals surface area contributed by atoms with Crippen molar-refractivity contribution in [1.29, 1.82) is 0 Å². The van der Waals surface area contributed by atoms with Crippen molar-refractivity contribution in [3.8, 4) is 0 Å². The molecule has 1 saturated heterocycles. The highest BCUT2D eigenvalue weighted by Crippen LogP contribution is 2.09. The molecule has 3 nitrogen and oxygen atoms in total. The fourth-order valence-electron chi connectivity index (χ4n) is 0.937. The van der Waals surface area contributed by atoms with Gasteiger partial charge in [-0.15, -0.1) is 0 Å². The molecule has 14 heavy (non-hydrogen) atoms. The van der Waals surface area contributed by atoms with Crippen molar-refractivity contribution in [1.82, 2.24) is 0 Å². The molecule has 1 unspecified atom stereocenters. The molecule has 0 N–H and O–H groups in total. The second-order valence-corrected chi connectivity index (χ2v) is 3.47. The van der Waals surface area contributed by atoms with Crippen LogP contribution in [0.5, 0.6) is 0 Å². The minimum Gasteiger partial charge on any atom is -0.393 e. The molecule has 2 rings (SSSR count). The molecule has 1 aromatic carbocycles. The Hall–Kier alpha value is -1.06. The van der Waals surface area contributed by atoms with Gasteiger partial charge in [0.2, 0.25) is 0 Å². The fraction of sp³-hybridized carbons (Fsp3) is 0.300. The van der Waals surface area contributed by atoms with E-state index in [1.54, 1.807) is 6.21 Å². The van der Waals surface area contributed by atoms with Crippen molar-refractivity contribution in [3.05, 3.63) is 34.9 Å². The van der Waals surface area contributed by atoms with Crippen LogP contribution in [-0.2, 0) is 9.57 Å². The number of halogens is 1. The van der Waals surface area contributed by atoms with E-state index in [2.05, 4.69) is 5.16 Å². The lowest BCUT2D eigenvalue weighted by molar-refractivity contribution is 0.126. The molecule has 74 valence electrons.